The molecule has 0 spiro atoms. The molecule has 1 unspecified atom stereocenters. The van der Waals surface area contributed by atoms with Crippen molar-refractivity contribution in [3.05, 3.63) is 35.4 Å². The predicted molar refractivity (Wildman–Crippen MR) is 113 cm³/mol. The van der Waals surface area contributed by atoms with Gasteiger partial charge in [0.15, 0.2) is 5.96 Å². The average Bonchev–Trinajstić information content (AvgIpc) is 2.58. The van der Waals surface area contributed by atoms with Gasteiger partial charge < -0.3 is 15.5 Å². The van der Waals surface area contributed by atoms with E-state index in [2.05, 4.69) is 70.7 Å². The maximum absolute atomic E-state index is 4.35. The first-order valence-electron chi connectivity index (χ1n) is 8.54. The minimum absolute atomic E-state index is 0. The lowest BCUT2D eigenvalue weighted by Crippen LogP contribution is -2.55. The van der Waals surface area contributed by atoms with Crippen LogP contribution in [0.15, 0.2) is 29.3 Å². The molecule has 0 aliphatic carbocycles. The molecule has 1 aliphatic heterocycles. The molecule has 2 rings (SSSR count). The largest absolute Gasteiger partial charge is 0.355 e. The fourth-order valence-electron chi connectivity index (χ4n) is 3.01. The van der Waals surface area contributed by atoms with E-state index in [0.29, 0.717) is 6.04 Å². The molecule has 5 nitrogen and oxygen atoms in total. The summed E-state index contributed by atoms with van der Waals surface area (Å²) in [5, 5.41) is 6.90. The molecular formula is C18H32IN5. The van der Waals surface area contributed by atoms with Crippen LogP contribution in [0.1, 0.15) is 18.1 Å². The third-order valence-corrected chi connectivity index (χ3v) is 4.65. The number of aliphatic imine (C=N–C) groups is 1. The van der Waals surface area contributed by atoms with E-state index in [4.69, 9.17) is 0 Å². The van der Waals surface area contributed by atoms with E-state index in [1.165, 1.54) is 11.1 Å². The van der Waals surface area contributed by atoms with Crippen LogP contribution in [0.25, 0.3) is 0 Å². The van der Waals surface area contributed by atoms with Crippen LogP contribution in [0.2, 0.25) is 0 Å². The zero-order chi connectivity index (χ0) is 16.7. The average molecular weight is 445 g/mol. The molecule has 0 aromatic heterocycles. The van der Waals surface area contributed by atoms with Gasteiger partial charge in [0.25, 0.3) is 0 Å². The molecule has 1 aromatic rings. The van der Waals surface area contributed by atoms with Gasteiger partial charge in [0.05, 0.1) is 0 Å². The molecule has 1 aromatic carbocycles. The summed E-state index contributed by atoms with van der Waals surface area (Å²) in [6.45, 7) is 7.28. The van der Waals surface area contributed by atoms with Crippen LogP contribution >= 0.6 is 24.0 Å². The maximum Gasteiger partial charge on any atom is 0.191 e. The first-order valence-corrected chi connectivity index (χ1v) is 8.54. The summed E-state index contributed by atoms with van der Waals surface area (Å²) in [5.74, 6) is 0.873. The summed E-state index contributed by atoms with van der Waals surface area (Å²) in [6.07, 6.45) is 1.06. The molecule has 2 N–H and O–H groups in total. The summed E-state index contributed by atoms with van der Waals surface area (Å²) in [6, 6.07) is 9.10. The number of benzene rings is 1. The van der Waals surface area contributed by atoms with Gasteiger partial charge in [-0.25, -0.2) is 0 Å². The smallest absolute Gasteiger partial charge is 0.191 e. The van der Waals surface area contributed by atoms with Crippen molar-refractivity contribution < 1.29 is 0 Å². The Morgan fingerprint density at radius 3 is 2.54 bits per heavy atom. The number of nitrogens with one attached hydrogen (secondary N) is 2. The Morgan fingerprint density at radius 2 is 1.88 bits per heavy atom. The summed E-state index contributed by atoms with van der Waals surface area (Å²) in [5.41, 5.74) is 2.73. The lowest BCUT2D eigenvalue weighted by atomic mass is 10.1. The molecule has 24 heavy (non-hydrogen) atoms. The number of nitrogens with zero attached hydrogens (tertiary/aromatic N) is 3. The van der Waals surface area contributed by atoms with E-state index < -0.39 is 0 Å². The minimum atomic E-state index is 0. The Balaban J connectivity index is 0.00000288. The Morgan fingerprint density at radius 1 is 1.17 bits per heavy atom. The molecule has 0 radical (unpaired) electrons. The van der Waals surface area contributed by atoms with Crippen molar-refractivity contribution >= 4 is 29.9 Å². The van der Waals surface area contributed by atoms with Crippen LogP contribution < -0.4 is 10.6 Å². The van der Waals surface area contributed by atoms with Gasteiger partial charge in [-0.1, -0.05) is 31.2 Å². The number of rotatable bonds is 5. The zero-order valence-corrected chi connectivity index (χ0v) is 17.7. The molecule has 0 saturated carbocycles. The Labute approximate surface area is 163 Å². The molecule has 136 valence electrons. The normalized spacial score (nSPS) is 19.7. The number of hydrogen-bond donors (Lipinski definition) is 2. The van der Waals surface area contributed by atoms with Gasteiger partial charge >= 0.3 is 0 Å². The fourth-order valence-corrected chi connectivity index (χ4v) is 3.01. The first kappa shape index (κ1) is 21.2. The second-order valence-electron chi connectivity index (χ2n) is 6.33. The van der Waals surface area contributed by atoms with Gasteiger partial charge in [-0.2, -0.15) is 0 Å². The van der Waals surface area contributed by atoms with Crippen molar-refractivity contribution in [2.45, 2.75) is 25.9 Å². The molecule has 1 saturated heterocycles. The molecule has 1 heterocycles. The van der Waals surface area contributed by atoms with Crippen LogP contribution in [0.3, 0.4) is 0 Å². The molecular weight excluding hydrogens is 413 g/mol. The lowest BCUT2D eigenvalue weighted by molar-refractivity contribution is 0.116. The third kappa shape index (κ3) is 6.22. The highest BCUT2D eigenvalue weighted by molar-refractivity contribution is 14.0. The van der Waals surface area contributed by atoms with E-state index in [-0.39, 0.29) is 24.0 Å². The minimum Gasteiger partial charge on any atom is -0.355 e. The number of aryl methyl sites for hydroxylation is 1. The number of likely N-dealkylation sites (N-methyl/N-ethyl adjacent to an activating group) is 2. The second kappa shape index (κ2) is 10.9. The SMILES string of the molecule is CCc1ccccc1CNC(=NC)NCC1CN(C)CCN1C.I. The van der Waals surface area contributed by atoms with Crippen LogP contribution in [-0.2, 0) is 13.0 Å². The van der Waals surface area contributed by atoms with E-state index in [1.807, 2.05) is 7.05 Å². The van der Waals surface area contributed by atoms with Crippen molar-refractivity contribution in [3.8, 4) is 0 Å². The van der Waals surface area contributed by atoms with Gasteiger partial charge in [-0.3, -0.25) is 9.89 Å². The van der Waals surface area contributed by atoms with E-state index in [9.17, 15) is 0 Å². The summed E-state index contributed by atoms with van der Waals surface area (Å²) >= 11 is 0. The zero-order valence-electron chi connectivity index (χ0n) is 15.4. The molecule has 1 atom stereocenters. The molecule has 0 bridgehead atoms. The Kier molecular flexibility index (Phi) is 9.61. The van der Waals surface area contributed by atoms with Gasteiger partial charge in [0, 0.05) is 45.8 Å². The van der Waals surface area contributed by atoms with Crippen LogP contribution in [0.5, 0.6) is 0 Å². The van der Waals surface area contributed by atoms with Gasteiger partial charge in [-0.15, -0.1) is 24.0 Å². The van der Waals surface area contributed by atoms with E-state index in [1.54, 1.807) is 0 Å². The molecule has 1 aliphatic rings. The van der Waals surface area contributed by atoms with Gasteiger partial charge in [0.2, 0.25) is 0 Å². The molecule has 1 fully saturated rings. The summed E-state index contributed by atoms with van der Waals surface area (Å²) < 4.78 is 0. The fraction of sp³-hybridized carbons (Fsp3) is 0.611. The number of halogens is 1. The van der Waals surface area contributed by atoms with Crippen molar-refractivity contribution in [3.63, 3.8) is 0 Å². The quantitative estimate of drug-likeness (QED) is 0.412. The highest BCUT2D eigenvalue weighted by Crippen LogP contribution is 2.09. The van der Waals surface area contributed by atoms with Gasteiger partial charge in [0.1, 0.15) is 0 Å². The van der Waals surface area contributed by atoms with Crippen molar-refractivity contribution in [2.24, 2.45) is 4.99 Å². The summed E-state index contributed by atoms with van der Waals surface area (Å²) in [7, 11) is 6.22. The highest BCUT2D eigenvalue weighted by Gasteiger charge is 2.21. The number of hydrogen-bond acceptors (Lipinski definition) is 3. The Bertz CT molecular complexity index is 520. The van der Waals surface area contributed by atoms with E-state index in [0.717, 1.165) is 45.1 Å². The topological polar surface area (TPSA) is 42.9 Å². The first-order chi connectivity index (χ1) is 11.1. The van der Waals surface area contributed by atoms with Crippen molar-refractivity contribution in [2.75, 3.05) is 47.3 Å². The predicted octanol–water partition coefficient (Wildman–Crippen LogP) is 1.78. The summed E-state index contributed by atoms with van der Waals surface area (Å²) in [4.78, 5) is 9.16. The van der Waals surface area contributed by atoms with Crippen LogP contribution in [0, 0.1) is 0 Å². The maximum atomic E-state index is 4.35. The van der Waals surface area contributed by atoms with Crippen LogP contribution in [-0.4, -0.2) is 69.1 Å². The number of piperazine rings is 1. The van der Waals surface area contributed by atoms with Crippen molar-refractivity contribution in [1.29, 1.82) is 0 Å². The Hall–Kier alpha value is -0.860. The standard InChI is InChI=1S/C18H31N5.HI/c1-5-15-8-6-7-9-16(15)12-20-18(19-2)21-13-17-14-22(3)10-11-23(17)4;/h6-9,17H,5,10-14H2,1-4H3,(H2,19,20,21);1H. The van der Waals surface area contributed by atoms with Crippen molar-refractivity contribution in [1.82, 2.24) is 20.4 Å². The van der Waals surface area contributed by atoms with Crippen LogP contribution in [0.4, 0.5) is 0 Å². The lowest BCUT2D eigenvalue weighted by Gasteiger charge is -2.37. The third-order valence-electron chi connectivity index (χ3n) is 4.65. The second-order valence-corrected chi connectivity index (χ2v) is 6.33. The van der Waals surface area contributed by atoms with Gasteiger partial charge in [-0.05, 0) is 31.6 Å². The molecule has 6 heteroatoms. The number of guanidine groups is 1. The van der Waals surface area contributed by atoms with E-state index >= 15 is 0 Å². The molecule has 0 amide bonds. The highest BCUT2D eigenvalue weighted by atomic mass is 127. The monoisotopic (exact) mass is 445 g/mol.